The van der Waals surface area contributed by atoms with Crippen molar-refractivity contribution < 1.29 is 13.6 Å². The Hall–Kier alpha value is -2.95. The van der Waals surface area contributed by atoms with Crippen molar-refractivity contribution in [3.63, 3.8) is 0 Å². The van der Waals surface area contributed by atoms with E-state index < -0.39 is 11.5 Å². The molecule has 0 aliphatic carbocycles. The first-order valence-corrected chi connectivity index (χ1v) is 6.65. The van der Waals surface area contributed by atoms with E-state index in [2.05, 4.69) is 5.32 Å². The summed E-state index contributed by atoms with van der Waals surface area (Å²) in [6.07, 6.45) is 0. The van der Waals surface area contributed by atoms with E-state index in [4.69, 9.17) is 4.42 Å². The first kappa shape index (κ1) is 14.0. The second-order valence-corrected chi connectivity index (χ2v) is 4.90. The predicted molar refractivity (Wildman–Crippen MR) is 81.6 cm³/mol. The number of hydrogen-bond acceptors (Lipinski definition) is 3. The van der Waals surface area contributed by atoms with Gasteiger partial charge < -0.3 is 9.73 Å². The smallest absolute Gasteiger partial charge is 0.349 e. The lowest BCUT2D eigenvalue weighted by Gasteiger charge is -2.06. The summed E-state index contributed by atoms with van der Waals surface area (Å²) < 4.78 is 18.3. The van der Waals surface area contributed by atoms with Crippen molar-refractivity contribution in [2.24, 2.45) is 0 Å². The lowest BCUT2D eigenvalue weighted by atomic mass is 10.1. The van der Waals surface area contributed by atoms with Gasteiger partial charge in [0, 0.05) is 11.1 Å². The van der Waals surface area contributed by atoms with Gasteiger partial charge in [-0.1, -0.05) is 18.2 Å². The topological polar surface area (TPSA) is 59.3 Å². The van der Waals surface area contributed by atoms with Crippen LogP contribution in [0.5, 0.6) is 0 Å². The van der Waals surface area contributed by atoms with Crippen LogP contribution >= 0.6 is 0 Å². The van der Waals surface area contributed by atoms with Crippen LogP contribution in [-0.4, -0.2) is 5.91 Å². The molecule has 0 unspecified atom stereocenters. The van der Waals surface area contributed by atoms with Crippen LogP contribution in [-0.2, 0) is 0 Å². The van der Waals surface area contributed by atoms with E-state index >= 15 is 0 Å². The Balaban J connectivity index is 1.96. The van der Waals surface area contributed by atoms with Crippen molar-refractivity contribution in [2.45, 2.75) is 6.92 Å². The van der Waals surface area contributed by atoms with Gasteiger partial charge in [0.1, 0.15) is 17.0 Å². The summed E-state index contributed by atoms with van der Waals surface area (Å²) in [7, 11) is 0. The summed E-state index contributed by atoms with van der Waals surface area (Å²) in [5.74, 6) is -0.950. The fourth-order valence-corrected chi connectivity index (χ4v) is 2.14. The number of carbonyl (C=O) groups excluding carboxylic acids is 1. The second-order valence-electron chi connectivity index (χ2n) is 4.90. The molecular formula is C17H12FNO3. The van der Waals surface area contributed by atoms with Crippen molar-refractivity contribution in [1.82, 2.24) is 0 Å². The minimum absolute atomic E-state index is 0.0966. The van der Waals surface area contributed by atoms with Gasteiger partial charge in [-0.25, -0.2) is 9.18 Å². The molecule has 4 nitrogen and oxygen atoms in total. The molecule has 1 heterocycles. The quantitative estimate of drug-likeness (QED) is 0.737. The van der Waals surface area contributed by atoms with Gasteiger partial charge in [-0.15, -0.1) is 0 Å². The molecule has 0 saturated heterocycles. The number of rotatable bonds is 2. The summed E-state index contributed by atoms with van der Waals surface area (Å²) in [4.78, 5) is 24.1. The fourth-order valence-electron chi connectivity index (χ4n) is 2.14. The van der Waals surface area contributed by atoms with E-state index in [1.807, 2.05) is 0 Å². The maximum Gasteiger partial charge on any atom is 0.349 e. The molecule has 0 aliphatic heterocycles. The van der Waals surface area contributed by atoms with Gasteiger partial charge in [-0.2, -0.15) is 0 Å². The molecule has 1 N–H and O–H groups in total. The summed E-state index contributed by atoms with van der Waals surface area (Å²) in [6.45, 7) is 1.59. The number of hydrogen-bond donors (Lipinski definition) is 1. The molecule has 0 spiro atoms. The van der Waals surface area contributed by atoms with Gasteiger partial charge in [0.05, 0.1) is 0 Å². The Kier molecular flexibility index (Phi) is 3.47. The first-order chi connectivity index (χ1) is 10.5. The van der Waals surface area contributed by atoms with Crippen LogP contribution in [0.1, 0.15) is 15.9 Å². The minimum Gasteiger partial charge on any atom is -0.422 e. The molecular weight excluding hydrogens is 285 g/mol. The average molecular weight is 297 g/mol. The SMILES string of the molecule is Cc1cc(NC(=O)c2cc3ccccc3oc2=O)ccc1F. The van der Waals surface area contributed by atoms with Crippen molar-refractivity contribution in [1.29, 1.82) is 0 Å². The molecule has 1 amide bonds. The highest BCUT2D eigenvalue weighted by Crippen LogP contribution is 2.16. The van der Waals surface area contributed by atoms with Crippen LogP contribution in [0.15, 0.2) is 57.7 Å². The summed E-state index contributed by atoms with van der Waals surface area (Å²) in [5.41, 5.74) is 0.428. The summed E-state index contributed by atoms with van der Waals surface area (Å²) in [5, 5.41) is 3.22. The predicted octanol–water partition coefficient (Wildman–Crippen LogP) is 3.49. The highest BCUT2D eigenvalue weighted by atomic mass is 19.1. The number of halogens is 1. The van der Waals surface area contributed by atoms with Crippen LogP contribution in [0.25, 0.3) is 11.0 Å². The van der Waals surface area contributed by atoms with Crippen molar-refractivity contribution in [2.75, 3.05) is 5.32 Å². The number of carbonyl (C=O) groups is 1. The normalized spacial score (nSPS) is 10.6. The number of aryl methyl sites for hydroxylation is 1. The number of benzene rings is 2. The number of para-hydroxylation sites is 1. The van der Waals surface area contributed by atoms with Gasteiger partial charge in [0.25, 0.3) is 5.91 Å². The Morgan fingerprint density at radius 3 is 2.68 bits per heavy atom. The zero-order valence-corrected chi connectivity index (χ0v) is 11.7. The monoisotopic (exact) mass is 297 g/mol. The maximum absolute atomic E-state index is 13.2. The molecule has 0 saturated carbocycles. The molecule has 0 aliphatic rings. The fraction of sp³-hybridized carbons (Fsp3) is 0.0588. The van der Waals surface area contributed by atoms with Gasteiger partial charge in [-0.05, 0) is 42.8 Å². The van der Waals surface area contributed by atoms with E-state index in [9.17, 15) is 14.0 Å². The molecule has 5 heteroatoms. The summed E-state index contributed by atoms with van der Waals surface area (Å²) >= 11 is 0. The minimum atomic E-state index is -0.713. The Morgan fingerprint density at radius 1 is 1.14 bits per heavy atom. The standard InChI is InChI=1S/C17H12FNO3/c1-10-8-12(6-7-14(10)18)19-16(20)13-9-11-4-2-3-5-15(11)22-17(13)21/h2-9H,1H3,(H,19,20). The van der Waals surface area contributed by atoms with Crippen LogP contribution in [0.4, 0.5) is 10.1 Å². The molecule has 110 valence electrons. The van der Waals surface area contributed by atoms with Gasteiger partial charge in [-0.3, -0.25) is 4.79 Å². The molecule has 0 bridgehead atoms. The maximum atomic E-state index is 13.2. The van der Waals surface area contributed by atoms with Gasteiger partial charge >= 0.3 is 5.63 Å². The molecule has 1 aromatic heterocycles. The van der Waals surface area contributed by atoms with Crippen molar-refractivity contribution in [3.05, 3.63) is 75.9 Å². The van der Waals surface area contributed by atoms with E-state index in [0.717, 1.165) is 0 Å². The van der Waals surface area contributed by atoms with Crippen molar-refractivity contribution >= 4 is 22.6 Å². The van der Waals surface area contributed by atoms with Crippen LogP contribution < -0.4 is 10.9 Å². The van der Waals surface area contributed by atoms with E-state index in [0.29, 0.717) is 22.2 Å². The average Bonchev–Trinajstić information content (AvgIpc) is 2.50. The lowest BCUT2D eigenvalue weighted by Crippen LogP contribution is -2.20. The molecule has 22 heavy (non-hydrogen) atoms. The van der Waals surface area contributed by atoms with Crippen LogP contribution in [0.3, 0.4) is 0 Å². The number of amides is 1. The molecule has 3 aromatic rings. The van der Waals surface area contributed by atoms with Crippen LogP contribution in [0.2, 0.25) is 0 Å². The second kappa shape index (κ2) is 5.44. The lowest BCUT2D eigenvalue weighted by molar-refractivity contribution is 0.102. The third-order valence-corrected chi connectivity index (χ3v) is 3.30. The molecule has 0 radical (unpaired) electrons. The Bertz CT molecular complexity index is 931. The van der Waals surface area contributed by atoms with E-state index in [1.165, 1.54) is 24.3 Å². The third kappa shape index (κ3) is 2.61. The van der Waals surface area contributed by atoms with E-state index in [-0.39, 0.29) is 11.4 Å². The third-order valence-electron chi connectivity index (χ3n) is 3.30. The van der Waals surface area contributed by atoms with Gasteiger partial charge in [0.15, 0.2) is 0 Å². The largest absolute Gasteiger partial charge is 0.422 e. The zero-order chi connectivity index (χ0) is 15.7. The molecule has 0 fully saturated rings. The molecule has 2 aromatic carbocycles. The van der Waals surface area contributed by atoms with Crippen molar-refractivity contribution in [3.8, 4) is 0 Å². The number of nitrogens with one attached hydrogen (secondary N) is 1. The highest BCUT2D eigenvalue weighted by Gasteiger charge is 2.14. The number of fused-ring (bicyclic) bond motifs is 1. The Morgan fingerprint density at radius 2 is 1.91 bits per heavy atom. The highest BCUT2D eigenvalue weighted by molar-refractivity contribution is 6.05. The first-order valence-electron chi connectivity index (χ1n) is 6.65. The molecule has 3 rings (SSSR count). The zero-order valence-electron chi connectivity index (χ0n) is 11.7. The Labute approximate surface area is 125 Å². The molecule has 0 atom stereocenters. The van der Waals surface area contributed by atoms with Gasteiger partial charge in [0.2, 0.25) is 0 Å². The summed E-state index contributed by atoms with van der Waals surface area (Å²) in [6, 6.07) is 12.6. The number of anilines is 1. The van der Waals surface area contributed by atoms with E-state index in [1.54, 1.807) is 31.2 Å². The van der Waals surface area contributed by atoms with Crippen LogP contribution in [0, 0.1) is 12.7 Å².